The van der Waals surface area contributed by atoms with E-state index in [0.29, 0.717) is 11.7 Å². The Morgan fingerprint density at radius 3 is 3.27 bits per heavy atom. The van der Waals surface area contributed by atoms with Gasteiger partial charge in [-0.25, -0.2) is 9.97 Å². The van der Waals surface area contributed by atoms with Crippen LogP contribution in [0.2, 0.25) is 0 Å². The molecule has 0 aliphatic carbocycles. The molecule has 6 nitrogen and oxygen atoms in total. The molecule has 0 radical (unpaired) electrons. The van der Waals surface area contributed by atoms with Gasteiger partial charge in [0.15, 0.2) is 5.65 Å². The molecule has 2 N–H and O–H groups in total. The Balaban J connectivity index is 1.84. The van der Waals surface area contributed by atoms with Gasteiger partial charge in [0.2, 0.25) is 0 Å². The molecule has 2 aromatic heterocycles. The number of fused-ring (bicyclic) bond motifs is 1. The smallest absolute Gasteiger partial charge is 0.318 e. The molecule has 3 heterocycles. The van der Waals surface area contributed by atoms with E-state index in [4.69, 9.17) is 4.74 Å². The van der Waals surface area contributed by atoms with Crippen LogP contribution in [-0.4, -0.2) is 39.1 Å². The molecule has 3 rings (SSSR count). The summed E-state index contributed by atoms with van der Waals surface area (Å²) in [6.45, 7) is 1.86. The van der Waals surface area contributed by atoms with E-state index in [1.807, 2.05) is 0 Å². The fraction of sp³-hybridized carbons (Fsp3) is 0.444. The minimum Gasteiger partial charge on any atom is -0.459 e. The summed E-state index contributed by atoms with van der Waals surface area (Å²) >= 11 is 0. The van der Waals surface area contributed by atoms with E-state index < -0.39 is 0 Å². The van der Waals surface area contributed by atoms with Gasteiger partial charge in [0.05, 0.1) is 12.5 Å². The van der Waals surface area contributed by atoms with Crippen LogP contribution in [0.5, 0.6) is 6.01 Å². The van der Waals surface area contributed by atoms with Gasteiger partial charge < -0.3 is 15.0 Å². The molecule has 1 aliphatic rings. The summed E-state index contributed by atoms with van der Waals surface area (Å²) in [5, 5.41) is 3.22. The molecule has 1 saturated heterocycles. The zero-order chi connectivity index (χ0) is 10.1. The van der Waals surface area contributed by atoms with E-state index in [0.717, 1.165) is 25.0 Å². The van der Waals surface area contributed by atoms with Crippen molar-refractivity contribution in [3.8, 4) is 6.01 Å². The third kappa shape index (κ3) is 1.63. The number of hydrogen-bond acceptors (Lipinski definition) is 5. The predicted molar refractivity (Wildman–Crippen MR) is 53.6 cm³/mol. The third-order valence-electron chi connectivity index (χ3n) is 2.44. The molecule has 6 heteroatoms. The van der Waals surface area contributed by atoms with Crippen molar-refractivity contribution in [2.45, 2.75) is 12.5 Å². The van der Waals surface area contributed by atoms with E-state index in [2.05, 4.69) is 25.3 Å². The Morgan fingerprint density at radius 2 is 2.40 bits per heavy atom. The fourth-order valence-corrected chi connectivity index (χ4v) is 1.65. The highest BCUT2D eigenvalue weighted by atomic mass is 16.5. The number of aromatic amines is 1. The van der Waals surface area contributed by atoms with E-state index in [9.17, 15) is 0 Å². The number of H-pyrrole nitrogens is 1. The lowest BCUT2D eigenvalue weighted by Crippen LogP contribution is -2.20. The summed E-state index contributed by atoms with van der Waals surface area (Å²) < 4.78 is 5.61. The topological polar surface area (TPSA) is 75.7 Å². The number of nitrogens with one attached hydrogen (secondary N) is 2. The monoisotopic (exact) mass is 205 g/mol. The van der Waals surface area contributed by atoms with Gasteiger partial charge in [0.25, 0.3) is 0 Å². The van der Waals surface area contributed by atoms with Crippen molar-refractivity contribution in [2.75, 3.05) is 13.1 Å². The third-order valence-corrected chi connectivity index (χ3v) is 2.44. The van der Waals surface area contributed by atoms with Crippen molar-refractivity contribution < 1.29 is 4.74 Å². The van der Waals surface area contributed by atoms with Crippen molar-refractivity contribution >= 4 is 11.2 Å². The van der Waals surface area contributed by atoms with Gasteiger partial charge >= 0.3 is 6.01 Å². The molecule has 1 fully saturated rings. The summed E-state index contributed by atoms with van der Waals surface area (Å²) in [7, 11) is 0. The van der Waals surface area contributed by atoms with Crippen molar-refractivity contribution in [1.29, 1.82) is 0 Å². The highest BCUT2D eigenvalue weighted by molar-refractivity contribution is 5.68. The molecular weight excluding hydrogens is 194 g/mol. The maximum atomic E-state index is 5.61. The first-order chi connectivity index (χ1) is 7.42. The predicted octanol–water partition coefficient (Wildman–Crippen LogP) is 0.0936. The number of hydrogen-bond donors (Lipinski definition) is 2. The van der Waals surface area contributed by atoms with E-state index in [1.54, 1.807) is 12.5 Å². The van der Waals surface area contributed by atoms with Crippen LogP contribution in [0.4, 0.5) is 0 Å². The molecule has 15 heavy (non-hydrogen) atoms. The molecule has 0 bridgehead atoms. The van der Waals surface area contributed by atoms with Crippen LogP contribution in [0.15, 0.2) is 12.5 Å². The number of ether oxygens (including phenoxy) is 1. The second kappa shape index (κ2) is 3.47. The molecule has 78 valence electrons. The summed E-state index contributed by atoms with van der Waals surface area (Å²) in [4.78, 5) is 15.3. The van der Waals surface area contributed by atoms with E-state index >= 15 is 0 Å². The average Bonchev–Trinajstić information content (AvgIpc) is 2.87. The van der Waals surface area contributed by atoms with Gasteiger partial charge in [-0.1, -0.05) is 0 Å². The van der Waals surface area contributed by atoms with Crippen molar-refractivity contribution in [3.05, 3.63) is 12.5 Å². The second-order valence-electron chi connectivity index (χ2n) is 3.53. The Morgan fingerprint density at radius 1 is 1.40 bits per heavy atom. The molecule has 2 aromatic rings. The molecule has 0 spiro atoms. The van der Waals surface area contributed by atoms with Crippen LogP contribution in [-0.2, 0) is 0 Å². The Bertz CT molecular complexity index is 462. The first-order valence-electron chi connectivity index (χ1n) is 4.95. The van der Waals surface area contributed by atoms with Crippen LogP contribution in [0, 0.1) is 0 Å². The molecule has 1 atom stereocenters. The maximum absolute atomic E-state index is 5.61. The molecule has 0 aromatic carbocycles. The van der Waals surface area contributed by atoms with Gasteiger partial charge in [0.1, 0.15) is 11.6 Å². The zero-order valence-electron chi connectivity index (χ0n) is 8.10. The van der Waals surface area contributed by atoms with Crippen LogP contribution >= 0.6 is 0 Å². The lowest BCUT2D eigenvalue weighted by atomic mass is 10.3. The Kier molecular flexibility index (Phi) is 1.99. The first-order valence-corrected chi connectivity index (χ1v) is 4.95. The minimum absolute atomic E-state index is 0.182. The van der Waals surface area contributed by atoms with Crippen LogP contribution < -0.4 is 10.1 Å². The van der Waals surface area contributed by atoms with Crippen LogP contribution in [0.25, 0.3) is 11.2 Å². The number of rotatable bonds is 2. The molecule has 0 amide bonds. The largest absolute Gasteiger partial charge is 0.459 e. The van der Waals surface area contributed by atoms with Gasteiger partial charge in [-0.05, 0) is 13.0 Å². The van der Waals surface area contributed by atoms with Gasteiger partial charge in [-0.3, -0.25) is 0 Å². The van der Waals surface area contributed by atoms with Gasteiger partial charge in [-0.15, -0.1) is 0 Å². The maximum Gasteiger partial charge on any atom is 0.318 e. The lowest BCUT2D eigenvalue weighted by Gasteiger charge is -2.09. The van der Waals surface area contributed by atoms with Crippen molar-refractivity contribution in [3.63, 3.8) is 0 Å². The number of nitrogens with zero attached hydrogens (tertiary/aromatic N) is 3. The Labute approximate surface area is 86.1 Å². The average molecular weight is 205 g/mol. The molecule has 1 unspecified atom stereocenters. The molecule has 1 aliphatic heterocycles. The Hall–Kier alpha value is -1.69. The highest BCUT2D eigenvalue weighted by Gasteiger charge is 2.17. The van der Waals surface area contributed by atoms with E-state index in [-0.39, 0.29) is 6.10 Å². The fourth-order valence-electron chi connectivity index (χ4n) is 1.65. The summed E-state index contributed by atoms with van der Waals surface area (Å²) in [6, 6.07) is 0.406. The summed E-state index contributed by atoms with van der Waals surface area (Å²) in [6.07, 6.45) is 4.47. The highest BCUT2D eigenvalue weighted by Crippen LogP contribution is 2.12. The normalized spacial score (nSPS) is 20.9. The van der Waals surface area contributed by atoms with Crippen LogP contribution in [0.1, 0.15) is 6.42 Å². The second-order valence-corrected chi connectivity index (χ2v) is 3.53. The summed E-state index contributed by atoms with van der Waals surface area (Å²) in [5.74, 6) is 0. The number of imidazole rings is 1. The standard InChI is InChI=1S/C9H11N5O/c1-2-10-3-6(1)15-9-11-4-7-8(14-9)13-5-12-7/h4-6,10H,1-3H2,(H,11,12,13,14). The van der Waals surface area contributed by atoms with Crippen LogP contribution in [0.3, 0.4) is 0 Å². The number of aromatic nitrogens is 4. The minimum atomic E-state index is 0.182. The van der Waals surface area contributed by atoms with Gasteiger partial charge in [-0.2, -0.15) is 4.98 Å². The zero-order valence-corrected chi connectivity index (χ0v) is 8.10. The van der Waals surface area contributed by atoms with Crippen molar-refractivity contribution in [2.24, 2.45) is 0 Å². The lowest BCUT2D eigenvalue weighted by molar-refractivity contribution is 0.205. The SMILES string of the molecule is c1nc2nc(OC3CCNC3)ncc2[nH]1. The molecular formula is C9H11N5O. The quantitative estimate of drug-likeness (QED) is 0.727. The molecule has 0 saturated carbocycles. The summed E-state index contributed by atoms with van der Waals surface area (Å²) in [5.41, 5.74) is 1.47. The van der Waals surface area contributed by atoms with Gasteiger partial charge in [0, 0.05) is 6.54 Å². The van der Waals surface area contributed by atoms with Crippen molar-refractivity contribution in [1.82, 2.24) is 25.3 Å². The van der Waals surface area contributed by atoms with E-state index in [1.165, 1.54) is 0 Å². The first kappa shape index (κ1) is 8.60.